The molecule has 0 amide bonds. The first-order chi connectivity index (χ1) is 70.9. The molecular formula is C104H101Cl7F10N17O9S2+. The molecule has 2 aliphatic heterocycles. The molecule has 0 radical (unpaired) electrons. The lowest BCUT2D eigenvalue weighted by Crippen LogP contribution is -2.36. The van der Waals surface area contributed by atoms with Crippen molar-refractivity contribution in [3.63, 3.8) is 0 Å². The number of carbonyl (C=O) groups excluding carboxylic acids is 1. The van der Waals surface area contributed by atoms with Crippen LogP contribution in [0.3, 0.4) is 0 Å². The van der Waals surface area contributed by atoms with Crippen molar-refractivity contribution in [3.05, 3.63) is 307 Å². The molecule has 10 aliphatic rings. The summed E-state index contributed by atoms with van der Waals surface area (Å²) in [6, 6.07) is 44.0. The molecule has 14 heterocycles. The molecule has 2 saturated heterocycles. The summed E-state index contributed by atoms with van der Waals surface area (Å²) < 4.78 is 201. The van der Waals surface area contributed by atoms with Crippen molar-refractivity contribution < 1.29 is 90.1 Å². The van der Waals surface area contributed by atoms with Crippen molar-refractivity contribution in [1.82, 2.24) is 64.0 Å². The van der Waals surface area contributed by atoms with Crippen molar-refractivity contribution in [2.45, 2.75) is 232 Å². The summed E-state index contributed by atoms with van der Waals surface area (Å²) in [7, 11) is -7.17. The fraction of sp³-hybridized carbons (Fsp3) is 0.375. The highest BCUT2D eigenvalue weighted by Crippen LogP contribution is 2.47. The number of para-hydroxylation sites is 2. The molecule has 45 heteroatoms. The van der Waals surface area contributed by atoms with Crippen molar-refractivity contribution in [2.24, 2.45) is 0 Å². The number of nitrogen functional groups attached to an aromatic ring is 1. The maximum atomic E-state index is 14.4. The third-order valence-electron chi connectivity index (χ3n) is 26.4. The number of hydrogen-bond acceptors (Lipinski definition) is 23. The molecule has 0 saturated carbocycles. The Kier molecular flexibility index (Phi) is 35.2. The SMILES string of the molecule is CC1CCc2ccc(Cl)nc21.CS(=O)(=O)c1ccccc1Nc1cc(Cc2ccc3c(n2)C(F)(F)CC3)nc2c1nc(C(F)F)n2C1CCCCO1.CS(=O)(=O)c1ccccc1Nc1cc(N)nc2c1nc(C(F)F)n2C1CCCCO1.Clc1ccc2c(n1)CCC2.FC1(F)CCc2ccc(Cl)nc21.FC1(F)CCc2ccc(Cl)nc21.O=C1CCc2ccc(Cl)nc21.OC1CCc2ccc(Cl)nc21.O[n+]1c(Cl)ccc2c1CCC2. The number of benzene rings is 2. The lowest BCUT2D eigenvalue weighted by Gasteiger charge is -2.25. The second-order valence-corrected chi connectivity index (χ2v) is 43.7. The van der Waals surface area contributed by atoms with E-state index in [2.05, 4.69) is 84.5 Å². The van der Waals surface area contributed by atoms with Gasteiger partial charge in [-0.25, -0.2) is 84.2 Å². The maximum Gasteiger partial charge on any atom is 0.325 e. The Morgan fingerprint density at radius 1 is 0.436 bits per heavy atom. The Balaban J connectivity index is 0.000000127. The predicted molar refractivity (Wildman–Crippen MR) is 547 cm³/mol. The molecule has 14 aromatic rings. The number of pyridine rings is 10. The molecule has 149 heavy (non-hydrogen) atoms. The molecule has 0 spiro atoms. The zero-order chi connectivity index (χ0) is 106. The average Bonchev–Trinajstić information content (AvgIpc) is 1.61. The number of hydrogen-bond donors (Lipinski definition) is 5. The van der Waals surface area contributed by atoms with E-state index >= 15 is 0 Å². The summed E-state index contributed by atoms with van der Waals surface area (Å²) in [5, 5.41) is 27.6. The number of ketones is 1. The minimum atomic E-state index is -3.64. The fourth-order valence-corrected chi connectivity index (χ4v) is 21.9. The molecule has 26 nitrogen and oxygen atoms in total. The van der Waals surface area contributed by atoms with Crippen molar-refractivity contribution in [2.75, 3.05) is 42.1 Å². The van der Waals surface area contributed by atoms with Crippen LogP contribution in [0, 0.1) is 0 Å². The van der Waals surface area contributed by atoms with Gasteiger partial charge in [-0.2, -0.15) is 26.3 Å². The second-order valence-electron chi connectivity index (χ2n) is 37.0. The lowest BCUT2D eigenvalue weighted by atomic mass is 10.1. The number of aliphatic hydroxyl groups excluding tert-OH is 1. The number of imidazole rings is 2. The number of nitrogens with two attached hydrogens (primary N) is 1. The molecule has 12 aromatic heterocycles. The number of rotatable bonds is 12. The van der Waals surface area contributed by atoms with Crippen LogP contribution in [0.2, 0.25) is 36.1 Å². The van der Waals surface area contributed by atoms with Gasteiger partial charge < -0.3 is 30.9 Å². The summed E-state index contributed by atoms with van der Waals surface area (Å²) in [6.07, 6.45) is 11.6. The minimum Gasteiger partial charge on any atom is -0.387 e. The van der Waals surface area contributed by atoms with Crippen LogP contribution in [-0.4, -0.2) is 123 Å². The number of Topliss-reactive ketones (excluding diaryl/α,β-unsaturated/α-hetero) is 1. The summed E-state index contributed by atoms with van der Waals surface area (Å²) >= 11 is 39.5. The van der Waals surface area contributed by atoms with E-state index in [0.29, 0.717) is 111 Å². The summed E-state index contributed by atoms with van der Waals surface area (Å²) in [6.45, 7) is 3.06. The number of nitrogens with zero attached hydrogens (tertiary/aromatic N) is 14. The summed E-state index contributed by atoms with van der Waals surface area (Å²) in [5.41, 5.74) is 20.3. The minimum absolute atomic E-state index is 0.0122. The van der Waals surface area contributed by atoms with Gasteiger partial charge in [0.2, 0.25) is 5.69 Å². The largest absolute Gasteiger partial charge is 0.387 e. The summed E-state index contributed by atoms with van der Waals surface area (Å²) in [4.78, 5) is 56.4. The number of anilines is 5. The molecule has 4 atom stereocenters. The number of sulfone groups is 2. The standard InChI is InChI=1S/C28H27F4N5O3S.C19H21F2N5O3S.C9H10ClN.2C8H6ClF2N.C8H8ClNO.C8H6ClNO.C8H9ClNO.C8H8ClN/c1-41(38,39)21-7-3-2-6-19(21)35-20-15-18(14-17-10-9-16-11-12-28(31,32)24(16)33-17)34-26-23(20)36-27(25(29)30)37(26)22-8-4-5-13-40-22;1-30(27,28)13-7-3-2-6-11(13)23-12-10-14(22)24-18-16(12)25-19(17(20)21)26(18)15-8-4-5-9-29-15;1-6-2-3-7-4-5-8(10)11-9(6)7;2*9-6-2-1-5-3-4-8(10,11)7(5)12-6;2*9-7-4-2-5-1-3-6(11)8(5)10-7;9-8-5-4-6-2-1-3-7(6)10(8)11;9-8-5-4-6-2-1-3-7(6)10-8/h2-3,6-7,9-10,15,22,25H,4-5,8,11-14H2,1H3,(H,34,35);2-3,6-7,10,15,17H,4-5,8-9H2,1H3,(H3,22,23,24);4-6H,2-3H2,1H3;2*1-2H,3-4H2;2,4,6,11H,1,3H2;2,4H,1,3H2;4-5,11H,1-3H2;4-5H,1-3H2/q;;;;;;;+1;. The Morgan fingerprint density at radius 2 is 0.879 bits per heavy atom. The van der Waals surface area contributed by atoms with Crippen LogP contribution in [0.15, 0.2) is 168 Å². The van der Waals surface area contributed by atoms with Crippen LogP contribution in [0.25, 0.3) is 22.3 Å². The molecule has 0 bridgehead atoms. The number of ether oxygens (including phenoxy) is 2. The van der Waals surface area contributed by atoms with E-state index in [1.807, 2.05) is 30.3 Å². The van der Waals surface area contributed by atoms with Crippen molar-refractivity contribution in [3.8, 4) is 0 Å². The second kappa shape index (κ2) is 47.4. The van der Waals surface area contributed by atoms with Gasteiger partial charge in [-0.1, -0.05) is 143 Å². The predicted octanol–water partition coefficient (Wildman–Crippen LogP) is 25.5. The van der Waals surface area contributed by atoms with Gasteiger partial charge in [-0.15, -0.1) is 0 Å². The van der Waals surface area contributed by atoms with Crippen LogP contribution in [0.1, 0.15) is 252 Å². The highest BCUT2D eigenvalue weighted by Gasteiger charge is 2.44. The molecule has 2 aromatic carbocycles. The van der Waals surface area contributed by atoms with Crippen LogP contribution in [0.5, 0.6) is 0 Å². The monoisotopic (exact) mass is 2230 g/mol. The first-order valence-corrected chi connectivity index (χ1v) is 54.5. The van der Waals surface area contributed by atoms with Gasteiger partial charge >= 0.3 is 5.15 Å². The van der Waals surface area contributed by atoms with Gasteiger partial charge in [0.05, 0.1) is 50.0 Å². The topological polar surface area (TPSA) is 350 Å². The molecule has 2 fully saturated rings. The van der Waals surface area contributed by atoms with Gasteiger partial charge in [0.25, 0.3) is 30.6 Å². The molecule has 24 rings (SSSR count). The van der Waals surface area contributed by atoms with Gasteiger partial charge in [0.15, 0.2) is 48.4 Å². The van der Waals surface area contributed by atoms with Crippen LogP contribution < -0.4 is 21.1 Å². The first-order valence-electron chi connectivity index (χ1n) is 48.1. The average molecular weight is 2240 g/mol. The Bertz CT molecular complexity index is 7440. The zero-order valence-electron chi connectivity index (χ0n) is 80.4. The number of halogens is 17. The van der Waals surface area contributed by atoms with Gasteiger partial charge in [-0.3, -0.25) is 24.1 Å². The number of aliphatic hydroxyl groups is 1. The number of nitrogens with one attached hydrogen (secondary N) is 2. The number of alkyl halides is 10. The van der Waals surface area contributed by atoms with Gasteiger partial charge in [-0.05, 0) is 257 Å². The number of carbonyl (C=O) groups is 1. The normalized spacial score (nSPS) is 18.2. The molecular weight excluding hydrogens is 2130 g/mol. The Labute approximate surface area is 886 Å². The molecule has 6 N–H and O–H groups in total. The Hall–Kier alpha value is -11.1. The van der Waals surface area contributed by atoms with Crippen LogP contribution in [0.4, 0.5) is 72.5 Å². The van der Waals surface area contributed by atoms with E-state index in [9.17, 15) is 75.8 Å². The van der Waals surface area contributed by atoms with E-state index < -0.39 is 80.5 Å². The van der Waals surface area contributed by atoms with Crippen molar-refractivity contribution >= 4 is 158 Å². The van der Waals surface area contributed by atoms with E-state index in [-0.39, 0.29) is 126 Å². The highest BCUT2D eigenvalue weighted by molar-refractivity contribution is 7.91. The van der Waals surface area contributed by atoms with E-state index in [1.165, 1.54) is 81.1 Å². The maximum absolute atomic E-state index is 14.4. The van der Waals surface area contributed by atoms with Gasteiger partial charge in [0, 0.05) is 104 Å². The number of aryl methyl sites for hydroxylation is 9. The summed E-state index contributed by atoms with van der Waals surface area (Å²) in [5.74, 6) is -8.76. The van der Waals surface area contributed by atoms with Crippen molar-refractivity contribution in [1.29, 1.82) is 0 Å². The van der Waals surface area contributed by atoms with Crippen LogP contribution >= 0.6 is 81.2 Å². The zero-order valence-corrected chi connectivity index (χ0v) is 87.3. The van der Waals surface area contributed by atoms with Gasteiger partial charge in [0.1, 0.15) is 83.0 Å². The van der Waals surface area contributed by atoms with Crippen LogP contribution in [-0.2, 0) is 118 Å². The Morgan fingerprint density at radius 3 is 1.41 bits per heavy atom. The molecule has 8 aliphatic carbocycles. The lowest BCUT2D eigenvalue weighted by molar-refractivity contribution is -0.907. The fourth-order valence-electron chi connectivity index (χ4n) is 19.1. The quantitative estimate of drug-likeness (QED) is 0.0328. The number of aromatic nitrogens is 14. The smallest absolute Gasteiger partial charge is 0.325 e. The first kappa shape index (κ1) is 111. The number of fused-ring (bicyclic) bond motifs is 10. The van der Waals surface area contributed by atoms with E-state index in [0.717, 1.165) is 110 Å². The third-order valence-corrected chi connectivity index (χ3v) is 30.2. The third kappa shape index (κ3) is 26.6. The highest BCUT2D eigenvalue weighted by atomic mass is 35.5. The molecule has 4 unspecified atom stereocenters. The van der Waals surface area contributed by atoms with E-state index in [1.54, 1.807) is 97.1 Å². The molecule has 786 valence electrons. The van der Waals surface area contributed by atoms with E-state index in [4.69, 9.17) is 96.4 Å².